The molecule has 0 spiro atoms. The van der Waals surface area contributed by atoms with Gasteiger partial charge in [0.1, 0.15) is 5.75 Å². The summed E-state index contributed by atoms with van der Waals surface area (Å²) in [6.45, 7) is 2.06. The van der Waals surface area contributed by atoms with Crippen molar-refractivity contribution in [2.24, 2.45) is 5.73 Å². The zero-order valence-electron chi connectivity index (χ0n) is 10.8. The Labute approximate surface area is 130 Å². The Balaban J connectivity index is 2.49. The minimum absolute atomic E-state index is 0.234. The lowest BCUT2D eigenvalue weighted by molar-refractivity contribution is 0.407. The first-order valence-electron chi connectivity index (χ1n) is 5.88. The maximum absolute atomic E-state index is 6.38. The van der Waals surface area contributed by atoms with Gasteiger partial charge in [-0.25, -0.2) is 0 Å². The van der Waals surface area contributed by atoms with E-state index in [9.17, 15) is 0 Å². The van der Waals surface area contributed by atoms with Gasteiger partial charge in [-0.2, -0.15) is 0 Å². The molecule has 0 saturated carbocycles. The Bertz CT molecular complexity index is 599. The molecule has 0 aliphatic rings. The van der Waals surface area contributed by atoms with Crippen LogP contribution >= 0.6 is 31.9 Å². The monoisotopic (exact) mass is 383 g/mol. The van der Waals surface area contributed by atoms with Crippen molar-refractivity contribution in [3.63, 3.8) is 0 Å². The molecule has 2 nitrogen and oxygen atoms in total. The zero-order chi connectivity index (χ0) is 14.0. The van der Waals surface area contributed by atoms with Crippen LogP contribution in [0, 0.1) is 6.92 Å². The summed E-state index contributed by atoms with van der Waals surface area (Å²) in [7, 11) is 1.66. The molecule has 2 N–H and O–H groups in total. The second kappa shape index (κ2) is 6.07. The minimum atomic E-state index is -0.234. The molecule has 2 rings (SSSR count). The Morgan fingerprint density at radius 3 is 2.42 bits per heavy atom. The highest BCUT2D eigenvalue weighted by atomic mass is 79.9. The van der Waals surface area contributed by atoms with Crippen molar-refractivity contribution in [2.75, 3.05) is 7.11 Å². The van der Waals surface area contributed by atoms with E-state index in [4.69, 9.17) is 10.5 Å². The molecule has 0 aliphatic carbocycles. The first-order chi connectivity index (χ1) is 9.02. The molecule has 19 heavy (non-hydrogen) atoms. The molecule has 0 saturated heterocycles. The largest absolute Gasteiger partial charge is 0.496 e. The normalized spacial score (nSPS) is 12.3. The summed E-state index contributed by atoms with van der Waals surface area (Å²) in [6, 6.07) is 11.8. The first kappa shape index (κ1) is 14.6. The lowest BCUT2D eigenvalue weighted by atomic mass is 9.98. The molecule has 2 aromatic rings. The van der Waals surface area contributed by atoms with Crippen molar-refractivity contribution >= 4 is 31.9 Å². The molecule has 1 atom stereocenters. The summed E-state index contributed by atoms with van der Waals surface area (Å²) in [4.78, 5) is 0. The van der Waals surface area contributed by atoms with Crippen LogP contribution in [-0.2, 0) is 0 Å². The van der Waals surface area contributed by atoms with Gasteiger partial charge in [0.15, 0.2) is 0 Å². The van der Waals surface area contributed by atoms with Crippen LogP contribution in [0.5, 0.6) is 5.75 Å². The van der Waals surface area contributed by atoms with E-state index < -0.39 is 0 Å². The molecule has 4 heteroatoms. The highest BCUT2D eigenvalue weighted by molar-refractivity contribution is 9.10. The smallest absolute Gasteiger partial charge is 0.124 e. The van der Waals surface area contributed by atoms with E-state index in [-0.39, 0.29) is 6.04 Å². The second-order valence-corrected chi connectivity index (χ2v) is 6.16. The lowest BCUT2D eigenvalue weighted by Crippen LogP contribution is -2.13. The number of hydrogen-bond acceptors (Lipinski definition) is 2. The molecule has 0 heterocycles. The van der Waals surface area contributed by atoms with E-state index in [1.165, 1.54) is 5.56 Å². The highest BCUT2D eigenvalue weighted by Gasteiger charge is 2.16. The van der Waals surface area contributed by atoms with Crippen molar-refractivity contribution in [3.8, 4) is 5.75 Å². The number of ether oxygens (including phenoxy) is 1. The Kier molecular flexibility index (Phi) is 4.66. The van der Waals surface area contributed by atoms with Crippen LogP contribution in [0.4, 0.5) is 0 Å². The summed E-state index contributed by atoms with van der Waals surface area (Å²) in [5.41, 5.74) is 9.58. The zero-order valence-corrected chi connectivity index (χ0v) is 14.0. The Morgan fingerprint density at radius 2 is 1.79 bits per heavy atom. The number of aryl methyl sites for hydroxylation is 1. The quantitative estimate of drug-likeness (QED) is 0.840. The third kappa shape index (κ3) is 3.19. The van der Waals surface area contributed by atoms with Gasteiger partial charge in [-0.1, -0.05) is 44.0 Å². The summed E-state index contributed by atoms with van der Waals surface area (Å²) >= 11 is 7.05. The van der Waals surface area contributed by atoms with Crippen LogP contribution < -0.4 is 10.5 Å². The number of benzene rings is 2. The second-order valence-electron chi connectivity index (χ2n) is 4.39. The van der Waals surface area contributed by atoms with E-state index in [0.29, 0.717) is 0 Å². The average Bonchev–Trinajstić information content (AvgIpc) is 2.38. The van der Waals surface area contributed by atoms with Crippen LogP contribution in [0.15, 0.2) is 45.3 Å². The third-order valence-electron chi connectivity index (χ3n) is 3.02. The van der Waals surface area contributed by atoms with Crippen LogP contribution in [0.2, 0.25) is 0 Å². The summed E-state index contributed by atoms with van der Waals surface area (Å²) in [6.07, 6.45) is 0. The van der Waals surface area contributed by atoms with Gasteiger partial charge in [0.2, 0.25) is 0 Å². The minimum Gasteiger partial charge on any atom is -0.496 e. The van der Waals surface area contributed by atoms with Gasteiger partial charge in [0, 0.05) is 14.5 Å². The lowest BCUT2D eigenvalue weighted by Gasteiger charge is -2.18. The van der Waals surface area contributed by atoms with E-state index in [0.717, 1.165) is 25.8 Å². The van der Waals surface area contributed by atoms with Crippen molar-refractivity contribution in [2.45, 2.75) is 13.0 Å². The summed E-state index contributed by atoms with van der Waals surface area (Å²) < 4.78 is 7.39. The van der Waals surface area contributed by atoms with Gasteiger partial charge in [-0.15, -0.1) is 0 Å². The van der Waals surface area contributed by atoms with Gasteiger partial charge >= 0.3 is 0 Å². The molecular formula is C15H15Br2NO. The summed E-state index contributed by atoms with van der Waals surface area (Å²) in [5.74, 6) is 0.795. The average molecular weight is 385 g/mol. The highest BCUT2D eigenvalue weighted by Crippen LogP contribution is 2.34. The standard InChI is InChI=1S/C15H15Br2NO/c1-9-3-5-11(13(17)7-9)15(18)12-8-10(16)4-6-14(12)19-2/h3-8,15H,18H2,1-2H3. The van der Waals surface area contributed by atoms with Crippen LogP contribution in [0.3, 0.4) is 0 Å². The molecule has 100 valence electrons. The topological polar surface area (TPSA) is 35.2 Å². The Morgan fingerprint density at radius 1 is 1.05 bits per heavy atom. The maximum Gasteiger partial charge on any atom is 0.124 e. The van der Waals surface area contributed by atoms with Crippen molar-refractivity contribution < 1.29 is 4.74 Å². The predicted molar refractivity (Wildman–Crippen MR) is 85.6 cm³/mol. The SMILES string of the molecule is COc1ccc(Br)cc1C(N)c1ccc(C)cc1Br. The molecule has 0 fully saturated rings. The maximum atomic E-state index is 6.38. The molecule has 2 aromatic carbocycles. The van der Waals surface area contributed by atoms with Crippen molar-refractivity contribution in [1.29, 1.82) is 0 Å². The van der Waals surface area contributed by atoms with E-state index in [1.54, 1.807) is 7.11 Å². The fourth-order valence-electron chi connectivity index (χ4n) is 2.00. The number of hydrogen-bond donors (Lipinski definition) is 1. The Hall–Kier alpha value is -0.840. The van der Waals surface area contributed by atoms with E-state index in [2.05, 4.69) is 50.9 Å². The number of nitrogens with two attached hydrogens (primary N) is 1. The van der Waals surface area contributed by atoms with Gasteiger partial charge in [-0.3, -0.25) is 0 Å². The van der Waals surface area contributed by atoms with Gasteiger partial charge in [0.25, 0.3) is 0 Å². The fraction of sp³-hybridized carbons (Fsp3) is 0.200. The first-order valence-corrected chi connectivity index (χ1v) is 7.46. The molecule has 0 aromatic heterocycles. The molecule has 0 aliphatic heterocycles. The third-order valence-corrected chi connectivity index (χ3v) is 4.20. The molecular weight excluding hydrogens is 370 g/mol. The molecule has 0 amide bonds. The summed E-state index contributed by atoms with van der Waals surface area (Å²) in [5, 5.41) is 0. The van der Waals surface area contributed by atoms with E-state index >= 15 is 0 Å². The van der Waals surface area contributed by atoms with Crippen LogP contribution in [0.1, 0.15) is 22.7 Å². The van der Waals surface area contributed by atoms with Gasteiger partial charge in [-0.05, 0) is 42.3 Å². The van der Waals surface area contributed by atoms with Crippen LogP contribution in [-0.4, -0.2) is 7.11 Å². The van der Waals surface area contributed by atoms with Gasteiger partial charge in [0.05, 0.1) is 13.2 Å². The fourth-order valence-corrected chi connectivity index (χ4v) is 3.12. The number of rotatable bonds is 3. The van der Waals surface area contributed by atoms with E-state index in [1.807, 2.05) is 24.3 Å². The van der Waals surface area contributed by atoms with Crippen molar-refractivity contribution in [3.05, 3.63) is 62.0 Å². The molecule has 1 unspecified atom stereocenters. The molecule has 0 bridgehead atoms. The molecule has 0 radical (unpaired) electrons. The van der Waals surface area contributed by atoms with Gasteiger partial charge < -0.3 is 10.5 Å². The van der Waals surface area contributed by atoms with Crippen LogP contribution in [0.25, 0.3) is 0 Å². The number of methoxy groups -OCH3 is 1. The van der Waals surface area contributed by atoms with Crippen molar-refractivity contribution in [1.82, 2.24) is 0 Å². The predicted octanol–water partition coefficient (Wildman–Crippen LogP) is 4.58. The number of halogens is 2.